The Balaban J connectivity index is 1.87. The molecule has 0 radical (unpaired) electrons. The lowest BCUT2D eigenvalue weighted by Gasteiger charge is -2.25. The second-order valence-electron chi connectivity index (χ2n) is 5.67. The Morgan fingerprint density at radius 1 is 1.39 bits per heavy atom. The van der Waals surface area contributed by atoms with Crippen molar-refractivity contribution in [2.24, 2.45) is 0 Å². The van der Waals surface area contributed by atoms with Crippen molar-refractivity contribution in [1.82, 2.24) is 9.97 Å². The van der Waals surface area contributed by atoms with Crippen molar-refractivity contribution in [3.8, 4) is 0 Å². The number of anilines is 3. The van der Waals surface area contributed by atoms with Gasteiger partial charge in [0.25, 0.3) is 0 Å². The largest absolute Gasteiger partial charge is 0.383 e. The number of hydrogen-bond donors (Lipinski definition) is 3. The maximum atomic E-state index is 11.0. The Kier molecular flexibility index (Phi) is 3.87. The number of carbonyl (C=O) groups excluding carboxylic acids is 1. The summed E-state index contributed by atoms with van der Waals surface area (Å²) in [4.78, 5) is 21.2. The Bertz CT molecular complexity index is 736. The number of rotatable bonds is 4. The maximum absolute atomic E-state index is 11.0. The summed E-state index contributed by atoms with van der Waals surface area (Å²) < 4.78 is 0. The summed E-state index contributed by atoms with van der Waals surface area (Å²) >= 11 is 0. The number of aldehydes is 1. The summed E-state index contributed by atoms with van der Waals surface area (Å²) in [5, 5.41) is 13.9. The summed E-state index contributed by atoms with van der Waals surface area (Å²) in [6, 6.07) is 8.86. The molecule has 1 saturated heterocycles. The average Bonchev–Trinajstić information content (AvgIpc) is 2.98. The van der Waals surface area contributed by atoms with Crippen LogP contribution in [-0.2, 0) is 5.60 Å². The average molecular weight is 313 g/mol. The first-order valence-corrected chi connectivity index (χ1v) is 7.39. The van der Waals surface area contributed by atoms with Crippen LogP contribution in [0.25, 0.3) is 0 Å². The fraction of sp³-hybridized carbons (Fsp3) is 0.312. The molecule has 4 N–H and O–H groups in total. The normalized spacial score (nSPS) is 20.5. The van der Waals surface area contributed by atoms with Crippen LogP contribution in [0, 0.1) is 0 Å². The second kappa shape index (κ2) is 5.85. The van der Waals surface area contributed by atoms with E-state index in [0.29, 0.717) is 36.7 Å². The minimum Gasteiger partial charge on any atom is -0.383 e. The maximum Gasteiger partial charge on any atom is 0.223 e. The molecule has 1 aliphatic heterocycles. The lowest BCUT2D eigenvalue weighted by Crippen LogP contribution is -2.31. The second-order valence-corrected chi connectivity index (χ2v) is 5.67. The number of nitrogen functional groups attached to an aromatic ring is 1. The van der Waals surface area contributed by atoms with Crippen LogP contribution < -0.4 is 16.0 Å². The van der Waals surface area contributed by atoms with Gasteiger partial charge in [-0.15, -0.1) is 0 Å². The topological polar surface area (TPSA) is 104 Å². The van der Waals surface area contributed by atoms with Gasteiger partial charge in [0.15, 0.2) is 0 Å². The highest BCUT2D eigenvalue weighted by atomic mass is 16.3. The molecule has 1 aromatic carbocycles. The molecule has 1 fully saturated rings. The number of aromatic nitrogens is 2. The fourth-order valence-corrected chi connectivity index (χ4v) is 2.87. The first-order chi connectivity index (χ1) is 11.0. The predicted molar refractivity (Wildman–Crippen MR) is 88.5 cm³/mol. The number of nitrogens with one attached hydrogen (secondary N) is 1. The third-order valence-corrected chi connectivity index (χ3v) is 4.12. The van der Waals surface area contributed by atoms with Crippen LogP contribution >= 0.6 is 0 Å². The van der Waals surface area contributed by atoms with Crippen LogP contribution in [0.5, 0.6) is 0 Å². The van der Waals surface area contributed by atoms with E-state index >= 15 is 0 Å². The molecule has 1 atom stereocenters. The van der Waals surface area contributed by atoms with E-state index in [-0.39, 0.29) is 5.95 Å². The van der Waals surface area contributed by atoms with Crippen molar-refractivity contribution < 1.29 is 9.90 Å². The van der Waals surface area contributed by atoms with Crippen LogP contribution in [0.3, 0.4) is 0 Å². The standard InChI is InChI=1S/C16H19N5O2/c1-18-13-8-14(20-15(17)19-13)21-6-5-16(23,10-21)12-4-2-3-11(7-12)9-22/h2-4,7-9,23H,5-6,10H2,1H3,(H3,17,18,19,20). The van der Waals surface area contributed by atoms with E-state index in [1.807, 2.05) is 11.0 Å². The van der Waals surface area contributed by atoms with E-state index in [2.05, 4.69) is 15.3 Å². The van der Waals surface area contributed by atoms with Gasteiger partial charge in [-0.3, -0.25) is 4.79 Å². The molecule has 1 aromatic heterocycles. The lowest BCUT2D eigenvalue weighted by atomic mass is 9.92. The van der Waals surface area contributed by atoms with Gasteiger partial charge in [-0.25, -0.2) is 0 Å². The van der Waals surface area contributed by atoms with Crippen molar-refractivity contribution in [2.45, 2.75) is 12.0 Å². The van der Waals surface area contributed by atoms with E-state index in [1.54, 1.807) is 31.3 Å². The molecule has 0 saturated carbocycles. The minimum absolute atomic E-state index is 0.185. The lowest BCUT2D eigenvalue weighted by molar-refractivity contribution is 0.0606. The molecule has 120 valence electrons. The first-order valence-electron chi connectivity index (χ1n) is 7.39. The quantitative estimate of drug-likeness (QED) is 0.724. The van der Waals surface area contributed by atoms with Gasteiger partial charge in [0.1, 0.15) is 23.5 Å². The van der Waals surface area contributed by atoms with Gasteiger partial charge in [0.05, 0.1) is 6.54 Å². The molecule has 0 bridgehead atoms. The highest BCUT2D eigenvalue weighted by Gasteiger charge is 2.38. The molecule has 0 spiro atoms. The van der Waals surface area contributed by atoms with Crippen LogP contribution in [-0.4, -0.2) is 41.5 Å². The number of β-amino-alcohol motifs (C(OH)–C–C–N with tert-alkyl or cyclic N) is 1. The molecule has 23 heavy (non-hydrogen) atoms. The minimum atomic E-state index is -1.02. The summed E-state index contributed by atoms with van der Waals surface area (Å²) in [6.45, 7) is 1.02. The van der Waals surface area contributed by atoms with E-state index in [1.165, 1.54) is 0 Å². The highest BCUT2D eigenvalue weighted by molar-refractivity contribution is 5.75. The fourth-order valence-electron chi connectivity index (χ4n) is 2.87. The number of aliphatic hydroxyl groups is 1. The molecule has 0 aliphatic carbocycles. The van der Waals surface area contributed by atoms with Gasteiger partial charge in [0, 0.05) is 25.2 Å². The third-order valence-electron chi connectivity index (χ3n) is 4.12. The number of nitrogens with zero attached hydrogens (tertiary/aromatic N) is 3. The number of hydrogen-bond acceptors (Lipinski definition) is 7. The van der Waals surface area contributed by atoms with Gasteiger partial charge >= 0.3 is 0 Å². The van der Waals surface area contributed by atoms with E-state index in [4.69, 9.17) is 5.73 Å². The van der Waals surface area contributed by atoms with Crippen molar-refractivity contribution >= 4 is 23.9 Å². The van der Waals surface area contributed by atoms with E-state index in [9.17, 15) is 9.90 Å². The molecule has 1 unspecified atom stereocenters. The third kappa shape index (κ3) is 2.95. The van der Waals surface area contributed by atoms with Crippen LogP contribution in [0.1, 0.15) is 22.3 Å². The van der Waals surface area contributed by atoms with Gasteiger partial charge in [-0.05, 0) is 18.1 Å². The predicted octanol–water partition coefficient (Wildman–Crippen LogP) is 1.01. The first kappa shape index (κ1) is 15.2. The SMILES string of the molecule is CNc1cc(N2CCC(O)(c3cccc(C=O)c3)C2)nc(N)n1. The van der Waals surface area contributed by atoms with E-state index in [0.717, 1.165) is 11.8 Å². The number of benzene rings is 1. The van der Waals surface area contributed by atoms with Crippen molar-refractivity contribution in [3.63, 3.8) is 0 Å². The molecule has 3 rings (SSSR count). The van der Waals surface area contributed by atoms with Crippen molar-refractivity contribution in [1.29, 1.82) is 0 Å². The summed E-state index contributed by atoms with van der Waals surface area (Å²) in [5.41, 5.74) is 6.00. The number of carbonyl (C=O) groups is 1. The zero-order chi connectivity index (χ0) is 16.4. The molecular formula is C16H19N5O2. The van der Waals surface area contributed by atoms with Gasteiger partial charge in [-0.1, -0.05) is 18.2 Å². The zero-order valence-electron chi connectivity index (χ0n) is 12.9. The Morgan fingerprint density at radius 3 is 2.96 bits per heavy atom. The molecule has 0 amide bonds. The van der Waals surface area contributed by atoms with Crippen molar-refractivity contribution in [3.05, 3.63) is 41.5 Å². The molecule has 7 nitrogen and oxygen atoms in total. The molecule has 7 heteroatoms. The van der Waals surface area contributed by atoms with Crippen LogP contribution in [0.15, 0.2) is 30.3 Å². The molecule has 2 aromatic rings. The molecule has 2 heterocycles. The summed E-state index contributed by atoms with van der Waals surface area (Å²) in [5.74, 6) is 1.49. The Hall–Kier alpha value is -2.67. The number of nitrogens with two attached hydrogens (primary N) is 1. The Morgan fingerprint density at radius 2 is 2.22 bits per heavy atom. The van der Waals surface area contributed by atoms with Crippen molar-refractivity contribution in [2.75, 3.05) is 36.1 Å². The van der Waals surface area contributed by atoms with Crippen LogP contribution in [0.4, 0.5) is 17.6 Å². The monoisotopic (exact) mass is 313 g/mol. The zero-order valence-corrected chi connectivity index (χ0v) is 12.9. The smallest absolute Gasteiger partial charge is 0.223 e. The van der Waals surface area contributed by atoms with Crippen LogP contribution in [0.2, 0.25) is 0 Å². The molecular weight excluding hydrogens is 294 g/mol. The molecule has 1 aliphatic rings. The summed E-state index contributed by atoms with van der Waals surface area (Å²) in [7, 11) is 1.76. The van der Waals surface area contributed by atoms with Gasteiger partial charge in [0.2, 0.25) is 5.95 Å². The van der Waals surface area contributed by atoms with Gasteiger partial charge in [-0.2, -0.15) is 9.97 Å². The Labute approximate surface area is 134 Å². The summed E-state index contributed by atoms with van der Waals surface area (Å²) in [6.07, 6.45) is 1.33. The van der Waals surface area contributed by atoms with E-state index < -0.39 is 5.60 Å². The highest BCUT2D eigenvalue weighted by Crippen LogP contribution is 2.34. The van der Waals surface area contributed by atoms with Gasteiger partial charge < -0.3 is 21.1 Å².